The van der Waals surface area contributed by atoms with Crippen molar-refractivity contribution >= 4 is 32.8 Å². The fourth-order valence-corrected chi connectivity index (χ4v) is 2.50. The first-order chi connectivity index (χ1) is 9.38. The standard InChI is InChI=1S/C14H16BrNO4/c1-8-3-9-5-11(20-12(9)10(15)4-8)13(19)16-14(2,6-17)7-18/h3-5,17-18H,6-7H2,1-2H3,(H,16,19). The number of furan rings is 1. The maximum Gasteiger partial charge on any atom is 0.287 e. The van der Waals surface area contributed by atoms with Crippen molar-refractivity contribution in [2.24, 2.45) is 0 Å². The Hall–Kier alpha value is -1.37. The first kappa shape index (κ1) is 15.0. The number of nitrogens with one attached hydrogen (secondary N) is 1. The molecular formula is C14H16BrNO4. The summed E-state index contributed by atoms with van der Waals surface area (Å²) < 4.78 is 6.30. The van der Waals surface area contributed by atoms with Crippen molar-refractivity contribution in [3.05, 3.63) is 34.0 Å². The Labute approximate surface area is 124 Å². The number of rotatable bonds is 4. The molecule has 6 heteroatoms. The average molecular weight is 342 g/mol. The van der Waals surface area contributed by atoms with Crippen LogP contribution in [0, 0.1) is 6.92 Å². The van der Waals surface area contributed by atoms with E-state index in [1.807, 2.05) is 19.1 Å². The van der Waals surface area contributed by atoms with Crippen LogP contribution in [0.5, 0.6) is 0 Å². The molecule has 0 spiro atoms. The molecule has 1 aromatic carbocycles. The summed E-state index contributed by atoms with van der Waals surface area (Å²) in [5.74, 6) is -0.337. The molecule has 3 N–H and O–H groups in total. The minimum atomic E-state index is -1.08. The first-order valence-electron chi connectivity index (χ1n) is 6.12. The quantitative estimate of drug-likeness (QED) is 0.794. The van der Waals surface area contributed by atoms with Crippen LogP contribution in [-0.4, -0.2) is 34.9 Å². The number of fused-ring (bicyclic) bond motifs is 1. The predicted molar refractivity (Wildman–Crippen MR) is 78.7 cm³/mol. The molecule has 0 aliphatic carbocycles. The fraction of sp³-hybridized carbons (Fsp3) is 0.357. The van der Waals surface area contributed by atoms with E-state index in [4.69, 9.17) is 4.42 Å². The van der Waals surface area contributed by atoms with Crippen LogP contribution in [0.1, 0.15) is 23.0 Å². The van der Waals surface area contributed by atoms with E-state index < -0.39 is 11.4 Å². The topological polar surface area (TPSA) is 82.7 Å². The van der Waals surface area contributed by atoms with E-state index in [9.17, 15) is 15.0 Å². The van der Waals surface area contributed by atoms with E-state index in [0.29, 0.717) is 5.58 Å². The summed E-state index contributed by atoms with van der Waals surface area (Å²) in [6.07, 6.45) is 0. The van der Waals surface area contributed by atoms with Gasteiger partial charge in [-0.1, -0.05) is 0 Å². The van der Waals surface area contributed by atoms with Crippen LogP contribution in [0.25, 0.3) is 11.0 Å². The Bertz CT molecular complexity index is 646. The molecule has 0 bridgehead atoms. The second-order valence-electron chi connectivity index (χ2n) is 5.11. The van der Waals surface area contributed by atoms with Gasteiger partial charge in [0.15, 0.2) is 5.76 Å². The summed E-state index contributed by atoms with van der Waals surface area (Å²) in [5.41, 5.74) is 0.562. The Kier molecular flexibility index (Phi) is 4.17. The Morgan fingerprint density at radius 1 is 1.35 bits per heavy atom. The lowest BCUT2D eigenvalue weighted by molar-refractivity contribution is 0.0702. The summed E-state index contributed by atoms with van der Waals surface area (Å²) in [7, 11) is 0. The molecule has 108 valence electrons. The molecule has 5 nitrogen and oxygen atoms in total. The van der Waals surface area contributed by atoms with Gasteiger partial charge in [0.1, 0.15) is 5.58 Å². The van der Waals surface area contributed by atoms with E-state index in [2.05, 4.69) is 21.2 Å². The second-order valence-corrected chi connectivity index (χ2v) is 5.96. The van der Waals surface area contributed by atoms with Gasteiger partial charge in [-0.05, 0) is 53.5 Å². The monoisotopic (exact) mass is 341 g/mol. The lowest BCUT2D eigenvalue weighted by Crippen LogP contribution is -2.51. The average Bonchev–Trinajstić information content (AvgIpc) is 2.82. The van der Waals surface area contributed by atoms with Crippen molar-refractivity contribution in [1.82, 2.24) is 5.32 Å². The highest BCUT2D eigenvalue weighted by molar-refractivity contribution is 9.10. The molecule has 0 fully saturated rings. The molecule has 1 heterocycles. The van der Waals surface area contributed by atoms with Crippen molar-refractivity contribution in [2.75, 3.05) is 13.2 Å². The molecule has 0 unspecified atom stereocenters. The van der Waals surface area contributed by atoms with E-state index >= 15 is 0 Å². The van der Waals surface area contributed by atoms with Gasteiger partial charge in [0.25, 0.3) is 5.91 Å². The minimum absolute atomic E-state index is 0.138. The summed E-state index contributed by atoms with van der Waals surface area (Å²) in [5, 5.41) is 21.7. The van der Waals surface area contributed by atoms with Gasteiger partial charge in [-0.25, -0.2) is 0 Å². The van der Waals surface area contributed by atoms with Gasteiger partial charge in [-0.3, -0.25) is 4.79 Å². The van der Waals surface area contributed by atoms with Crippen LogP contribution in [0.4, 0.5) is 0 Å². The molecule has 0 aliphatic rings. The van der Waals surface area contributed by atoms with Crippen molar-refractivity contribution < 1.29 is 19.4 Å². The van der Waals surface area contributed by atoms with E-state index in [1.54, 1.807) is 13.0 Å². The molecule has 0 radical (unpaired) electrons. The van der Waals surface area contributed by atoms with E-state index in [0.717, 1.165) is 15.4 Å². The van der Waals surface area contributed by atoms with Crippen LogP contribution < -0.4 is 5.32 Å². The molecule has 0 saturated heterocycles. The van der Waals surface area contributed by atoms with Crippen molar-refractivity contribution in [2.45, 2.75) is 19.4 Å². The Morgan fingerprint density at radius 2 is 2.00 bits per heavy atom. The van der Waals surface area contributed by atoms with Gasteiger partial charge < -0.3 is 19.9 Å². The molecular weight excluding hydrogens is 326 g/mol. The van der Waals surface area contributed by atoms with Crippen LogP contribution in [-0.2, 0) is 0 Å². The van der Waals surface area contributed by atoms with Gasteiger partial charge in [0, 0.05) is 5.39 Å². The minimum Gasteiger partial charge on any atom is -0.450 e. The number of halogens is 1. The highest BCUT2D eigenvalue weighted by Gasteiger charge is 2.26. The fourth-order valence-electron chi connectivity index (χ4n) is 1.83. The number of amides is 1. The number of carbonyl (C=O) groups excluding carboxylic acids is 1. The van der Waals surface area contributed by atoms with Crippen LogP contribution in [0.15, 0.2) is 27.1 Å². The number of aliphatic hydroxyl groups excluding tert-OH is 2. The molecule has 1 aromatic heterocycles. The largest absolute Gasteiger partial charge is 0.450 e. The number of hydrogen-bond donors (Lipinski definition) is 3. The lowest BCUT2D eigenvalue weighted by Gasteiger charge is -2.25. The molecule has 2 aromatic rings. The molecule has 2 rings (SSSR count). The van der Waals surface area contributed by atoms with Crippen molar-refractivity contribution in [3.63, 3.8) is 0 Å². The zero-order chi connectivity index (χ0) is 14.9. The van der Waals surface area contributed by atoms with Gasteiger partial charge >= 0.3 is 0 Å². The number of hydrogen-bond acceptors (Lipinski definition) is 4. The summed E-state index contributed by atoms with van der Waals surface area (Å²) >= 11 is 3.39. The van der Waals surface area contributed by atoms with Crippen molar-refractivity contribution in [1.29, 1.82) is 0 Å². The summed E-state index contributed by atoms with van der Waals surface area (Å²) in [6.45, 7) is 2.77. The van der Waals surface area contributed by atoms with E-state index in [1.165, 1.54) is 0 Å². The second kappa shape index (κ2) is 5.55. The summed E-state index contributed by atoms with van der Waals surface area (Å²) in [4.78, 5) is 12.1. The number of carbonyl (C=O) groups is 1. The predicted octanol–water partition coefficient (Wildman–Crippen LogP) is 1.98. The molecule has 20 heavy (non-hydrogen) atoms. The third-order valence-electron chi connectivity index (χ3n) is 3.05. The zero-order valence-corrected chi connectivity index (χ0v) is 12.8. The Morgan fingerprint density at radius 3 is 2.60 bits per heavy atom. The molecule has 0 saturated carbocycles. The van der Waals surface area contributed by atoms with E-state index in [-0.39, 0.29) is 19.0 Å². The highest BCUT2D eigenvalue weighted by atomic mass is 79.9. The summed E-state index contributed by atoms with van der Waals surface area (Å²) in [6, 6.07) is 5.45. The molecule has 0 atom stereocenters. The third kappa shape index (κ3) is 2.87. The Balaban J connectivity index is 2.34. The molecule has 1 amide bonds. The number of aryl methyl sites for hydroxylation is 1. The number of benzene rings is 1. The maximum atomic E-state index is 12.1. The molecule has 0 aliphatic heterocycles. The van der Waals surface area contributed by atoms with Crippen LogP contribution in [0.3, 0.4) is 0 Å². The van der Waals surface area contributed by atoms with Crippen molar-refractivity contribution in [3.8, 4) is 0 Å². The zero-order valence-electron chi connectivity index (χ0n) is 11.2. The SMILES string of the molecule is Cc1cc(Br)c2oc(C(=O)NC(C)(CO)CO)cc2c1. The highest BCUT2D eigenvalue weighted by Crippen LogP contribution is 2.28. The third-order valence-corrected chi connectivity index (χ3v) is 3.64. The van der Waals surface area contributed by atoms with Gasteiger partial charge in [0.05, 0.1) is 23.2 Å². The van der Waals surface area contributed by atoms with Gasteiger partial charge in [-0.2, -0.15) is 0 Å². The lowest BCUT2D eigenvalue weighted by atomic mass is 10.1. The maximum absolute atomic E-state index is 12.1. The smallest absolute Gasteiger partial charge is 0.287 e. The normalized spacial score (nSPS) is 11.8. The number of aliphatic hydroxyl groups is 2. The van der Waals surface area contributed by atoms with Crippen LogP contribution >= 0.6 is 15.9 Å². The van der Waals surface area contributed by atoms with Gasteiger partial charge in [0.2, 0.25) is 0 Å². The first-order valence-corrected chi connectivity index (χ1v) is 6.92. The van der Waals surface area contributed by atoms with Crippen LogP contribution in [0.2, 0.25) is 0 Å². The van der Waals surface area contributed by atoms with Gasteiger partial charge in [-0.15, -0.1) is 0 Å².